The molecule has 0 aliphatic carbocycles. The van der Waals surface area contributed by atoms with Crippen molar-refractivity contribution in [1.82, 2.24) is 0 Å². The number of rotatable bonds is 9. The third-order valence-corrected chi connectivity index (χ3v) is 3.90. The highest BCUT2D eigenvalue weighted by Crippen LogP contribution is 2.25. The second-order valence-corrected chi connectivity index (χ2v) is 5.92. The Labute approximate surface area is 164 Å². The van der Waals surface area contributed by atoms with Crippen LogP contribution < -0.4 is 19.5 Å². The van der Waals surface area contributed by atoms with Crippen LogP contribution in [0.1, 0.15) is 17.3 Å². The molecule has 0 aliphatic rings. The monoisotopic (exact) mass is 377 g/mol. The van der Waals surface area contributed by atoms with Crippen LogP contribution in [0.2, 0.25) is 0 Å². The van der Waals surface area contributed by atoms with Crippen LogP contribution >= 0.6 is 0 Å². The van der Waals surface area contributed by atoms with E-state index in [4.69, 9.17) is 14.2 Å². The number of amides is 1. The highest BCUT2D eigenvalue weighted by Gasteiger charge is 2.11. The molecule has 3 aromatic rings. The van der Waals surface area contributed by atoms with E-state index in [1.54, 1.807) is 24.3 Å². The molecule has 5 nitrogen and oxygen atoms in total. The smallest absolute Gasteiger partial charge is 0.255 e. The van der Waals surface area contributed by atoms with Crippen LogP contribution in [-0.4, -0.2) is 25.7 Å². The molecule has 144 valence electrons. The minimum atomic E-state index is -0.224. The van der Waals surface area contributed by atoms with Gasteiger partial charge in [0, 0.05) is 5.56 Å². The minimum absolute atomic E-state index is 0.224. The van der Waals surface area contributed by atoms with Crippen LogP contribution in [0.5, 0.6) is 17.2 Å². The molecule has 0 saturated carbocycles. The van der Waals surface area contributed by atoms with Gasteiger partial charge < -0.3 is 19.5 Å². The van der Waals surface area contributed by atoms with E-state index in [0.29, 0.717) is 42.6 Å². The fourth-order valence-corrected chi connectivity index (χ4v) is 2.61. The SMILES string of the molecule is CCOc1cccc(C(=O)Nc2ccccc2OCCOc2ccccc2)c1. The number of nitrogens with one attached hydrogen (secondary N) is 1. The maximum Gasteiger partial charge on any atom is 0.255 e. The van der Waals surface area contributed by atoms with E-state index < -0.39 is 0 Å². The molecule has 0 fully saturated rings. The fourth-order valence-electron chi connectivity index (χ4n) is 2.61. The highest BCUT2D eigenvalue weighted by atomic mass is 16.5. The fraction of sp³-hybridized carbons (Fsp3) is 0.174. The molecule has 5 heteroatoms. The lowest BCUT2D eigenvalue weighted by atomic mass is 10.2. The lowest BCUT2D eigenvalue weighted by Gasteiger charge is -2.13. The van der Waals surface area contributed by atoms with Crippen LogP contribution in [0.4, 0.5) is 5.69 Å². The van der Waals surface area contributed by atoms with Gasteiger partial charge in [0.2, 0.25) is 0 Å². The Bertz CT molecular complexity index is 896. The molecule has 0 saturated heterocycles. The van der Waals surface area contributed by atoms with Crippen molar-refractivity contribution in [3.63, 3.8) is 0 Å². The van der Waals surface area contributed by atoms with Crippen LogP contribution in [0.3, 0.4) is 0 Å². The first kappa shape index (κ1) is 19.3. The van der Waals surface area contributed by atoms with Gasteiger partial charge in [-0.3, -0.25) is 4.79 Å². The molecule has 0 bridgehead atoms. The quantitative estimate of drug-likeness (QED) is 0.545. The Morgan fingerprint density at radius 2 is 1.50 bits per heavy atom. The number of hydrogen-bond donors (Lipinski definition) is 1. The first-order valence-corrected chi connectivity index (χ1v) is 9.20. The molecule has 1 N–H and O–H groups in total. The lowest BCUT2D eigenvalue weighted by molar-refractivity contribution is 0.102. The molecule has 0 atom stereocenters. The molecule has 1 amide bonds. The van der Waals surface area contributed by atoms with E-state index in [1.165, 1.54) is 0 Å². The summed E-state index contributed by atoms with van der Waals surface area (Å²) in [5, 5.41) is 2.89. The number of ether oxygens (including phenoxy) is 3. The van der Waals surface area contributed by atoms with Gasteiger partial charge in [0.15, 0.2) is 0 Å². The van der Waals surface area contributed by atoms with Gasteiger partial charge in [-0.25, -0.2) is 0 Å². The second kappa shape index (κ2) is 10.0. The van der Waals surface area contributed by atoms with Crippen molar-refractivity contribution in [3.8, 4) is 17.2 Å². The zero-order valence-electron chi connectivity index (χ0n) is 15.8. The topological polar surface area (TPSA) is 56.8 Å². The van der Waals surface area contributed by atoms with Gasteiger partial charge in [-0.2, -0.15) is 0 Å². The van der Waals surface area contributed by atoms with E-state index in [0.717, 1.165) is 5.75 Å². The molecule has 0 heterocycles. The molecule has 0 aliphatic heterocycles. The Kier molecular flexibility index (Phi) is 6.90. The van der Waals surface area contributed by atoms with Crippen LogP contribution in [0.15, 0.2) is 78.9 Å². The Hall–Kier alpha value is -3.47. The lowest BCUT2D eigenvalue weighted by Crippen LogP contribution is -2.14. The van der Waals surface area contributed by atoms with E-state index >= 15 is 0 Å². The average Bonchev–Trinajstić information content (AvgIpc) is 2.73. The number of para-hydroxylation sites is 3. The third kappa shape index (κ3) is 5.51. The van der Waals surface area contributed by atoms with E-state index in [2.05, 4.69) is 5.32 Å². The van der Waals surface area contributed by atoms with Crippen molar-refractivity contribution < 1.29 is 19.0 Å². The average molecular weight is 377 g/mol. The molecular formula is C23H23NO4. The zero-order valence-corrected chi connectivity index (χ0v) is 15.8. The Morgan fingerprint density at radius 1 is 0.786 bits per heavy atom. The predicted molar refractivity (Wildman–Crippen MR) is 109 cm³/mol. The maximum atomic E-state index is 12.6. The van der Waals surface area contributed by atoms with E-state index in [1.807, 2.05) is 61.5 Å². The summed E-state index contributed by atoms with van der Waals surface area (Å²) >= 11 is 0. The highest BCUT2D eigenvalue weighted by molar-refractivity contribution is 6.05. The largest absolute Gasteiger partial charge is 0.494 e. The first-order chi connectivity index (χ1) is 13.8. The number of benzene rings is 3. The van der Waals surface area contributed by atoms with Gasteiger partial charge in [-0.15, -0.1) is 0 Å². The summed E-state index contributed by atoms with van der Waals surface area (Å²) in [5.74, 6) is 1.83. The molecule has 0 spiro atoms. The van der Waals surface area contributed by atoms with Gasteiger partial charge in [-0.05, 0) is 49.4 Å². The number of carbonyl (C=O) groups is 1. The van der Waals surface area contributed by atoms with Gasteiger partial charge in [0.25, 0.3) is 5.91 Å². The summed E-state index contributed by atoms with van der Waals surface area (Å²) in [5.41, 5.74) is 1.13. The van der Waals surface area contributed by atoms with Crippen LogP contribution in [0.25, 0.3) is 0 Å². The Morgan fingerprint density at radius 3 is 2.32 bits per heavy atom. The Balaban J connectivity index is 1.58. The molecule has 0 unspecified atom stereocenters. The van der Waals surface area contributed by atoms with E-state index in [9.17, 15) is 4.79 Å². The number of carbonyl (C=O) groups excluding carboxylic acids is 1. The summed E-state index contributed by atoms with van der Waals surface area (Å²) in [6.07, 6.45) is 0. The molecule has 0 aromatic heterocycles. The van der Waals surface area contributed by atoms with Crippen LogP contribution in [0, 0.1) is 0 Å². The summed E-state index contributed by atoms with van der Waals surface area (Å²) in [6.45, 7) is 3.22. The minimum Gasteiger partial charge on any atom is -0.494 e. The van der Waals surface area contributed by atoms with Crippen molar-refractivity contribution >= 4 is 11.6 Å². The molecule has 3 aromatic carbocycles. The molecule has 28 heavy (non-hydrogen) atoms. The van der Waals surface area contributed by atoms with Gasteiger partial charge in [0.05, 0.1) is 12.3 Å². The zero-order chi connectivity index (χ0) is 19.6. The van der Waals surface area contributed by atoms with Crippen molar-refractivity contribution in [2.75, 3.05) is 25.1 Å². The van der Waals surface area contributed by atoms with Crippen LogP contribution in [-0.2, 0) is 0 Å². The summed E-state index contributed by atoms with van der Waals surface area (Å²) in [6, 6.07) is 24.0. The third-order valence-electron chi connectivity index (χ3n) is 3.90. The van der Waals surface area contributed by atoms with Crippen molar-refractivity contribution in [1.29, 1.82) is 0 Å². The number of anilines is 1. The maximum absolute atomic E-state index is 12.6. The molecule has 3 rings (SSSR count). The summed E-state index contributed by atoms with van der Waals surface area (Å²) in [4.78, 5) is 12.6. The summed E-state index contributed by atoms with van der Waals surface area (Å²) in [7, 11) is 0. The standard InChI is InChI=1S/C23H23NO4/c1-2-26-20-12-8-9-18(17-20)23(25)24-21-13-6-7-14-22(21)28-16-15-27-19-10-4-3-5-11-19/h3-14,17H,2,15-16H2,1H3,(H,24,25). The molecule has 0 radical (unpaired) electrons. The van der Waals surface area contributed by atoms with Crippen molar-refractivity contribution in [2.45, 2.75) is 6.92 Å². The molecular weight excluding hydrogens is 354 g/mol. The van der Waals surface area contributed by atoms with Gasteiger partial charge in [-0.1, -0.05) is 36.4 Å². The summed E-state index contributed by atoms with van der Waals surface area (Å²) < 4.78 is 16.9. The van der Waals surface area contributed by atoms with Gasteiger partial charge >= 0.3 is 0 Å². The van der Waals surface area contributed by atoms with E-state index in [-0.39, 0.29) is 5.91 Å². The van der Waals surface area contributed by atoms with Crippen molar-refractivity contribution in [3.05, 3.63) is 84.4 Å². The predicted octanol–water partition coefficient (Wildman–Crippen LogP) is 4.80. The number of hydrogen-bond acceptors (Lipinski definition) is 4. The first-order valence-electron chi connectivity index (χ1n) is 9.20. The normalized spacial score (nSPS) is 10.2. The van der Waals surface area contributed by atoms with Crippen molar-refractivity contribution in [2.24, 2.45) is 0 Å². The van der Waals surface area contributed by atoms with Gasteiger partial charge in [0.1, 0.15) is 30.5 Å². The second-order valence-electron chi connectivity index (χ2n) is 5.92.